The minimum absolute atomic E-state index is 0.0399. The SMILES string of the molecule is O=C(CSc1nnc(NCc2ccc(F)cc2)s1)Nc1ccc([N+](=O)[O-])cc1. The van der Waals surface area contributed by atoms with Crippen LogP contribution in [0.4, 0.5) is 20.9 Å². The summed E-state index contributed by atoms with van der Waals surface area (Å²) >= 11 is 2.54. The van der Waals surface area contributed by atoms with Gasteiger partial charge in [-0.15, -0.1) is 10.2 Å². The zero-order valence-electron chi connectivity index (χ0n) is 14.3. The molecule has 1 heterocycles. The van der Waals surface area contributed by atoms with E-state index in [-0.39, 0.29) is 23.2 Å². The molecule has 2 aromatic carbocycles. The standard InChI is InChI=1S/C17H14FN5O3S2/c18-12-3-1-11(2-4-12)9-19-16-21-22-17(28-16)27-10-15(24)20-13-5-7-14(8-6-13)23(25)26/h1-8H,9-10H2,(H,19,21)(H,20,24). The topological polar surface area (TPSA) is 110 Å². The molecule has 0 atom stereocenters. The lowest BCUT2D eigenvalue weighted by molar-refractivity contribution is -0.384. The quantitative estimate of drug-likeness (QED) is 0.323. The number of amides is 1. The molecular formula is C17H14FN5O3S2. The number of halogens is 1. The van der Waals surface area contributed by atoms with Crippen LogP contribution < -0.4 is 10.6 Å². The molecule has 3 aromatic rings. The Balaban J connectivity index is 1.45. The van der Waals surface area contributed by atoms with Gasteiger partial charge in [-0.2, -0.15) is 0 Å². The van der Waals surface area contributed by atoms with Crippen LogP contribution in [0.5, 0.6) is 0 Å². The maximum Gasteiger partial charge on any atom is 0.269 e. The number of nitro benzene ring substituents is 1. The Morgan fingerprint density at radius 2 is 1.86 bits per heavy atom. The van der Waals surface area contributed by atoms with E-state index in [9.17, 15) is 19.3 Å². The molecule has 1 amide bonds. The van der Waals surface area contributed by atoms with Crippen molar-refractivity contribution in [3.05, 3.63) is 70.0 Å². The predicted molar refractivity (Wildman–Crippen MR) is 106 cm³/mol. The summed E-state index contributed by atoms with van der Waals surface area (Å²) in [7, 11) is 0. The smallest absolute Gasteiger partial charge is 0.269 e. The van der Waals surface area contributed by atoms with Gasteiger partial charge in [0.05, 0.1) is 10.7 Å². The van der Waals surface area contributed by atoms with Crippen molar-refractivity contribution < 1.29 is 14.1 Å². The first-order chi connectivity index (χ1) is 13.5. The Morgan fingerprint density at radius 3 is 2.54 bits per heavy atom. The molecule has 8 nitrogen and oxygen atoms in total. The lowest BCUT2D eigenvalue weighted by atomic mass is 10.2. The maximum absolute atomic E-state index is 12.9. The number of hydrogen-bond acceptors (Lipinski definition) is 8. The van der Waals surface area contributed by atoms with E-state index in [1.807, 2.05) is 0 Å². The highest BCUT2D eigenvalue weighted by molar-refractivity contribution is 8.01. The van der Waals surface area contributed by atoms with Crippen LogP contribution in [0.2, 0.25) is 0 Å². The number of nitro groups is 1. The van der Waals surface area contributed by atoms with Gasteiger partial charge < -0.3 is 10.6 Å². The van der Waals surface area contributed by atoms with Crippen molar-refractivity contribution in [1.29, 1.82) is 0 Å². The Kier molecular flexibility index (Phi) is 6.50. The molecule has 0 aliphatic carbocycles. The van der Waals surface area contributed by atoms with Gasteiger partial charge in [0.2, 0.25) is 11.0 Å². The van der Waals surface area contributed by atoms with Crippen molar-refractivity contribution in [2.45, 2.75) is 10.9 Å². The monoisotopic (exact) mass is 419 g/mol. The maximum atomic E-state index is 12.9. The molecule has 0 spiro atoms. The summed E-state index contributed by atoms with van der Waals surface area (Å²) in [5, 5.41) is 25.0. The third kappa shape index (κ3) is 5.72. The second kappa shape index (κ2) is 9.24. The average molecular weight is 419 g/mol. The number of thioether (sulfide) groups is 1. The molecular weight excluding hydrogens is 405 g/mol. The fraction of sp³-hybridized carbons (Fsp3) is 0.118. The molecule has 0 saturated heterocycles. The van der Waals surface area contributed by atoms with E-state index in [2.05, 4.69) is 20.8 Å². The lowest BCUT2D eigenvalue weighted by Gasteiger charge is -2.03. The van der Waals surface area contributed by atoms with E-state index in [4.69, 9.17) is 0 Å². The Bertz CT molecular complexity index is 964. The van der Waals surface area contributed by atoms with Crippen molar-refractivity contribution >= 4 is 45.5 Å². The Morgan fingerprint density at radius 1 is 1.14 bits per heavy atom. The zero-order chi connectivity index (χ0) is 19.9. The van der Waals surface area contributed by atoms with Gasteiger partial charge >= 0.3 is 0 Å². The fourth-order valence-corrected chi connectivity index (χ4v) is 3.66. The molecule has 0 unspecified atom stereocenters. The van der Waals surface area contributed by atoms with E-state index in [1.165, 1.54) is 59.5 Å². The van der Waals surface area contributed by atoms with Crippen LogP contribution in [0.15, 0.2) is 52.9 Å². The van der Waals surface area contributed by atoms with Crippen LogP contribution in [-0.2, 0) is 11.3 Å². The van der Waals surface area contributed by atoms with Crippen molar-refractivity contribution in [2.24, 2.45) is 0 Å². The van der Waals surface area contributed by atoms with Gasteiger partial charge in [-0.3, -0.25) is 14.9 Å². The summed E-state index contributed by atoms with van der Waals surface area (Å²) in [5.74, 6) is -0.413. The van der Waals surface area contributed by atoms with Gasteiger partial charge in [-0.05, 0) is 29.8 Å². The van der Waals surface area contributed by atoms with E-state index < -0.39 is 4.92 Å². The van der Waals surface area contributed by atoms with Crippen LogP contribution in [0, 0.1) is 15.9 Å². The highest BCUT2D eigenvalue weighted by Gasteiger charge is 2.10. The highest BCUT2D eigenvalue weighted by Crippen LogP contribution is 2.26. The van der Waals surface area contributed by atoms with E-state index in [0.717, 1.165) is 5.56 Å². The average Bonchev–Trinajstić information content (AvgIpc) is 3.14. The zero-order valence-corrected chi connectivity index (χ0v) is 15.9. The number of rotatable bonds is 8. The first-order valence-electron chi connectivity index (χ1n) is 7.98. The highest BCUT2D eigenvalue weighted by atomic mass is 32.2. The van der Waals surface area contributed by atoms with Crippen LogP contribution in [-0.4, -0.2) is 26.8 Å². The number of hydrogen-bond donors (Lipinski definition) is 2. The summed E-state index contributed by atoms with van der Waals surface area (Å²) in [6, 6.07) is 11.7. The van der Waals surface area contributed by atoms with E-state index in [1.54, 1.807) is 12.1 Å². The summed E-state index contributed by atoms with van der Waals surface area (Å²) < 4.78 is 13.5. The van der Waals surface area contributed by atoms with Crippen LogP contribution >= 0.6 is 23.1 Å². The number of carbonyl (C=O) groups is 1. The largest absolute Gasteiger partial charge is 0.356 e. The summed E-state index contributed by atoms with van der Waals surface area (Å²) in [4.78, 5) is 22.1. The summed E-state index contributed by atoms with van der Waals surface area (Å²) in [5.41, 5.74) is 1.35. The molecule has 0 fully saturated rings. The molecule has 28 heavy (non-hydrogen) atoms. The first-order valence-corrected chi connectivity index (χ1v) is 9.79. The lowest BCUT2D eigenvalue weighted by Crippen LogP contribution is -2.13. The van der Waals surface area contributed by atoms with Crippen molar-refractivity contribution in [3.8, 4) is 0 Å². The second-order valence-electron chi connectivity index (χ2n) is 5.49. The normalized spacial score (nSPS) is 10.5. The third-order valence-corrected chi connectivity index (χ3v) is 5.47. The molecule has 0 bridgehead atoms. The third-order valence-electron chi connectivity index (χ3n) is 3.45. The molecule has 2 N–H and O–H groups in total. The van der Waals surface area contributed by atoms with E-state index in [0.29, 0.717) is 21.7 Å². The molecule has 0 aliphatic rings. The van der Waals surface area contributed by atoms with Gasteiger partial charge in [0.15, 0.2) is 4.34 Å². The minimum Gasteiger partial charge on any atom is -0.356 e. The Hall–Kier alpha value is -3.05. The number of carbonyl (C=O) groups excluding carboxylic acids is 1. The fourth-order valence-electron chi connectivity index (χ4n) is 2.11. The van der Waals surface area contributed by atoms with Gasteiger partial charge in [0.25, 0.3) is 5.69 Å². The minimum atomic E-state index is -0.501. The van der Waals surface area contributed by atoms with Gasteiger partial charge in [0, 0.05) is 24.4 Å². The molecule has 144 valence electrons. The van der Waals surface area contributed by atoms with Crippen LogP contribution in [0.25, 0.3) is 0 Å². The van der Waals surface area contributed by atoms with Crippen molar-refractivity contribution in [3.63, 3.8) is 0 Å². The van der Waals surface area contributed by atoms with Crippen molar-refractivity contribution in [2.75, 3.05) is 16.4 Å². The molecule has 3 rings (SSSR count). The number of nitrogens with zero attached hydrogens (tertiary/aromatic N) is 3. The second-order valence-corrected chi connectivity index (χ2v) is 7.69. The summed E-state index contributed by atoms with van der Waals surface area (Å²) in [6.45, 7) is 0.486. The number of nitrogens with one attached hydrogen (secondary N) is 2. The summed E-state index contributed by atoms with van der Waals surface area (Å²) in [6.07, 6.45) is 0. The van der Waals surface area contributed by atoms with Crippen LogP contribution in [0.3, 0.4) is 0 Å². The van der Waals surface area contributed by atoms with Crippen LogP contribution in [0.1, 0.15) is 5.56 Å². The Labute approximate surface area is 167 Å². The van der Waals surface area contributed by atoms with Gasteiger partial charge in [0.1, 0.15) is 5.82 Å². The number of non-ortho nitro benzene ring substituents is 1. The number of benzene rings is 2. The molecule has 1 aromatic heterocycles. The van der Waals surface area contributed by atoms with E-state index >= 15 is 0 Å². The predicted octanol–water partition coefficient (Wildman–Crippen LogP) is 3.93. The van der Waals surface area contributed by atoms with Gasteiger partial charge in [-0.1, -0.05) is 35.2 Å². The first kappa shape index (κ1) is 19.7. The molecule has 0 aliphatic heterocycles. The molecule has 0 radical (unpaired) electrons. The number of aromatic nitrogens is 2. The van der Waals surface area contributed by atoms with Gasteiger partial charge in [-0.25, -0.2) is 4.39 Å². The number of anilines is 2. The van der Waals surface area contributed by atoms with Crippen molar-refractivity contribution in [1.82, 2.24) is 10.2 Å². The molecule has 11 heteroatoms. The molecule has 0 saturated carbocycles.